The Morgan fingerprint density at radius 2 is 2.45 bits per heavy atom. The molecule has 4 nitrogen and oxygen atoms in total. The smallest absolute Gasteiger partial charge is 0.109 e. The van der Waals surface area contributed by atoms with Gasteiger partial charge in [-0.15, -0.1) is 0 Å². The highest BCUT2D eigenvalue weighted by molar-refractivity contribution is 7.59. The van der Waals surface area contributed by atoms with Crippen molar-refractivity contribution < 1.29 is 10.0 Å². The first-order valence-corrected chi connectivity index (χ1v) is 4.23. The number of hydrazine groups is 1. The topological polar surface area (TPSA) is 39.9 Å². The van der Waals surface area contributed by atoms with Crippen LogP contribution in [-0.4, -0.2) is 42.0 Å². The lowest BCUT2D eigenvalue weighted by molar-refractivity contribution is -0.925. The SMILES string of the molecule is CC1CN(CO)NC([S-])[NH+]1C. The quantitative estimate of drug-likeness (QED) is 0.387. The fraction of sp³-hybridized carbons (Fsp3) is 1.00. The summed E-state index contributed by atoms with van der Waals surface area (Å²) >= 11 is 5.13. The summed E-state index contributed by atoms with van der Waals surface area (Å²) in [5.41, 5.74) is 2.98. The molecule has 0 aromatic heterocycles. The third-order valence-corrected chi connectivity index (χ3v) is 2.63. The maximum atomic E-state index is 8.82. The summed E-state index contributed by atoms with van der Waals surface area (Å²) in [6.45, 7) is 3.00. The van der Waals surface area contributed by atoms with Crippen LogP contribution in [0.4, 0.5) is 0 Å². The molecule has 0 aromatic carbocycles. The Morgan fingerprint density at radius 3 is 2.91 bits per heavy atom. The molecule has 5 heteroatoms. The van der Waals surface area contributed by atoms with Gasteiger partial charge < -0.3 is 22.6 Å². The number of nitrogens with zero attached hydrogens (tertiary/aromatic N) is 1. The third kappa shape index (κ3) is 2.07. The molecule has 1 saturated heterocycles. The predicted octanol–water partition coefficient (Wildman–Crippen LogP) is -2.51. The van der Waals surface area contributed by atoms with Crippen molar-refractivity contribution >= 4 is 12.6 Å². The molecule has 0 saturated carbocycles. The Balaban J connectivity index is 2.47. The first-order chi connectivity index (χ1) is 5.15. The van der Waals surface area contributed by atoms with Gasteiger partial charge in [-0.2, -0.15) is 0 Å². The normalized spacial score (nSPS) is 40.9. The molecule has 1 aliphatic rings. The molecular weight excluding hydrogens is 162 g/mol. The van der Waals surface area contributed by atoms with Crippen molar-refractivity contribution in [3.05, 3.63) is 0 Å². The van der Waals surface area contributed by atoms with Crippen LogP contribution in [0.3, 0.4) is 0 Å². The van der Waals surface area contributed by atoms with Crippen LogP contribution in [0, 0.1) is 0 Å². The van der Waals surface area contributed by atoms with Crippen molar-refractivity contribution in [3.8, 4) is 0 Å². The van der Waals surface area contributed by atoms with E-state index < -0.39 is 0 Å². The Bertz CT molecular complexity index is 123. The standard InChI is InChI=1S/C6H15N3OS/c1-5-3-9(4-10)7-6(11)8(5)2/h5-7,10-11H,3-4H2,1-2H3. The van der Waals surface area contributed by atoms with Crippen molar-refractivity contribution in [3.63, 3.8) is 0 Å². The van der Waals surface area contributed by atoms with Crippen LogP contribution in [0.25, 0.3) is 0 Å². The first-order valence-electron chi connectivity index (χ1n) is 3.76. The highest BCUT2D eigenvalue weighted by atomic mass is 32.1. The van der Waals surface area contributed by atoms with Gasteiger partial charge in [-0.25, -0.2) is 10.4 Å². The molecule has 66 valence electrons. The van der Waals surface area contributed by atoms with Gasteiger partial charge >= 0.3 is 0 Å². The number of hydrogen-bond acceptors (Lipinski definition) is 4. The van der Waals surface area contributed by atoms with Crippen LogP contribution in [0.2, 0.25) is 0 Å². The summed E-state index contributed by atoms with van der Waals surface area (Å²) in [6, 6.07) is 0.478. The molecule has 1 aliphatic heterocycles. The largest absolute Gasteiger partial charge is 0.709 e. The number of rotatable bonds is 1. The second kappa shape index (κ2) is 3.73. The van der Waals surface area contributed by atoms with E-state index in [9.17, 15) is 0 Å². The zero-order valence-electron chi connectivity index (χ0n) is 6.87. The average Bonchev–Trinajstić information content (AvgIpc) is 1.99. The lowest BCUT2D eigenvalue weighted by atomic mass is 10.3. The number of likely N-dealkylation sites (N-methyl/N-ethyl adjacent to an activating group) is 1. The minimum Gasteiger partial charge on any atom is -0.709 e. The van der Waals surface area contributed by atoms with Crippen molar-refractivity contribution in [1.29, 1.82) is 0 Å². The fourth-order valence-corrected chi connectivity index (χ4v) is 1.53. The zero-order valence-corrected chi connectivity index (χ0v) is 7.69. The van der Waals surface area contributed by atoms with E-state index in [4.69, 9.17) is 17.7 Å². The molecule has 0 bridgehead atoms. The van der Waals surface area contributed by atoms with Crippen LogP contribution >= 0.6 is 0 Å². The molecule has 0 radical (unpaired) electrons. The second-order valence-corrected chi connectivity index (χ2v) is 3.49. The monoisotopic (exact) mass is 177 g/mol. The molecule has 11 heavy (non-hydrogen) atoms. The van der Waals surface area contributed by atoms with Gasteiger partial charge in [0.2, 0.25) is 0 Å². The summed E-state index contributed by atoms with van der Waals surface area (Å²) < 4.78 is 0. The zero-order chi connectivity index (χ0) is 8.43. The van der Waals surface area contributed by atoms with Gasteiger partial charge in [0.25, 0.3) is 0 Å². The maximum absolute atomic E-state index is 8.82. The van der Waals surface area contributed by atoms with Gasteiger partial charge in [0.15, 0.2) is 0 Å². The van der Waals surface area contributed by atoms with E-state index in [0.29, 0.717) is 6.04 Å². The number of aliphatic hydroxyl groups excluding tert-OH is 1. The van der Waals surface area contributed by atoms with E-state index in [2.05, 4.69) is 19.4 Å². The number of aliphatic hydroxyl groups is 1. The highest BCUT2D eigenvalue weighted by Crippen LogP contribution is 1.90. The van der Waals surface area contributed by atoms with Crippen LogP contribution in [0.5, 0.6) is 0 Å². The van der Waals surface area contributed by atoms with Crippen LogP contribution < -0.4 is 10.3 Å². The molecule has 0 amide bonds. The van der Waals surface area contributed by atoms with Crippen molar-refractivity contribution in [2.75, 3.05) is 20.3 Å². The van der Waals surface area contributed by atoms with Crippen molar-refractivity contribution in [1.82, 2.24) is 10.4 Å². The molecule has 0 aromatic rings. The first kappa shape index (κ1) is 9.28. The van der Waals surface area contributed by atoms with Crippen molar-refractivity contribution in [2.24, 2.45) is 0 Å². The summed E-state index contributed by atoms with van der Waals surface area (Å²) in [5.74, 6) is 0. The van der Waals surface area contributed by atoms with Crippen LogP contribution in [0.15, 0.2) is 0 Å². The molecule has 3 unspecified atom stereocenters. The molecule has 1 heterocycles. The fourth-order valence-electron chi connectivity index (χ4n) is 1.15. The van der Waals surface area contributed by atoms with Crippen molar-refractivity contribution in [2.45, 2.75) is 18.5 Å². The van der Waals surface area contributed by atoms with Crippen LogP contribution in [-0.2, 0) is 12.6 Å². The third-order valence-electron chi connectivity index (χ3n) is 2.16. The summed E-state index contributed by atoms with van der Waals surface area (Å²) in [6.07, 6.45) is 0. The lowest BCUT2D eigenvalue weighted by Gasteiger charge is -2.44. The van der Waals surface area contributed by atoms with E-state index in [-0.39, 0.29) is 12.2 Å². The average molecular weight is 177 g/mol. The molecule has 0 aliphatic carbocycles. The van der Waals surface area contributed by atoms with E-state index >= 15 is 0 Å². The Labute approximate surface area is 72.5 Å². The minimum absolute atomic E-state index is 0.0223. The summed E-state index contributed by atoms with van der Waals surface area (Å²) in [4.78, 5) is 1.28. The number of hydrogen-bond donors (Lipinski definition) is 3. The summed E-state index contributed by atoms with van der Waals surface area (Å²) in [5, 5.41) is 10.6. The van der Waals surface area contributed by atoms with Gasteiger partial charge in [0.1, 0.15) is 6.73 Å². The van der Waals surface area contributed by atoms with Gasteiger partial charge in [0.05, 0.1) is 19.6 Å². The second-order valence-electron chi connectivity index (χ2n) is 3.02. The van der Waals surface area contributed by atoms with E-state index in [1.807, 2.05) is 0 Å². The molecule has 1 rings (SSSR count). The lowest BCUT2D eigenvalue weighted by Crippen LogP contribution is -3.20. The number of nitrogens with one attached hydrogen (secondary N) is 2. The van der Waals surface area contributed by atoms with Gasteiger partial charge in [0, 0.05) is 5.50 Å². The molecular formula is C6H15N3OS. The Kier molecular flexibility index (Phi) is 3.15. The maximum Gasteiger partial charge on any atom is 0.109 e. The van der Waals surface area contributed by atoms with E-state index in [1.165, 1.54) is 4.90 Å². The molecule has 3 N–H and O–H groups in total. The number of quaternary nitrogens is 1. The molecule has 3 atom stereocenters. The minimum atomic E-state index is -0.0223. The Hall–Kier alpha value is 0.190. The Morgan fingerprint density at radius 1 is 1.82 bits per heavy atom. The highest BCUT2D eigenvalue weighted by Gasteiger charge is 2.24. The molecule has 0 spiro atoms. The van der Waals surface area contributed by atoms with E-state index in [0.717, 1.165) is 6.54 Å². The van der Waals surface area contributed by atoms with Gasteiger partial charge in [-0.05, 0) is 6.92 Å². The summed E-state index contributed by atoms with van der Waals surface area (Å²) in [7, 11) is 2.06. The van der Waals surface area contributed by atoms with Gasteiger partial charge in [-0.1, -0.05) is 0 Å². The van der Waals surface area contributed by atoms with Gasteiger partial charge in [-0.3, -0.25) is 0 Å². The molecule has 1 fully saturated rings. The predicted molar refractivity (Wildman–Crippen MR) is 44.4 cm³/mol. The van der Waals surface area contributed by atoms with E-state index in [1.54, 1.807) is 5.01 Å². The van der Waals surface area contributed by atoms with Crippen LogP contribution in [0.1, 0.15) is 6.92 Å².